The topological polar surface area (TPSA) is 55.1 Å². The van der Waals surface area contributed by atoms with Crippen molar-refractivity contribution in [3.63, 3.8) is 0 Å². The van der Waals surface area contributed by atoms with Gasteiger partial charge < -0.3 is 11.1 Å². The molecule has 1 fully saturated rings. The highest BCUT2D eigenvalue weighted by Gasteiger charge is 2.16. The summed E-state index contributed by atoms with van der Waals surface area (Å²) in [5, 5.41) is 3.55. The smallest absolute Gasteiger partial charge is 0.251 e. The maximum Gasteiger partial charge on any atom is 0.251 e. The van der Waals surface area contributed by atoms with Gasteiger partial charge in [-0.15, -0.1) is 0 Å². The number of hydrogen-bond acceptors (Lipinski definition) is 2. The minimum Gasteiger partial charge on any atom is -0.397 e. The minimum absolute atomic E-state index is 0.143. The lowest BCUT2D eigenvalue weighted by Crippen LogP contribution is -2.30. The Morgan fingerprint density at radius 3 is 2.58 bits per heavy atom. The van der Waals surface area contributed by atoms with Gasteiger partial charge >= 0.3 is 0 Å². The number of rotatable bonds is 3. The average Bonchev–Trinajstić information content (AvgIpc) is 2.42. The van der Waals surface area contributed by atoms with Gasteiger partial charge in [0.25, 0.3) is 5.91 Å². The molecular weight excluding hydrogens is 283 g/mol. The van der Waals surface area contributed by atoms with Crippen molar-refractivity contribution in [2.24, 2.45) is 5.92 Å². The van der Waals surface area contributed by atoms with Crippen LogP contribution in [0.2, 0.25) is 10.0 Å². The molecule has 3 N–H and O–H groups in total. The lowest BCUT2D eigenvalue weighted by molar-refractivity contribution is 0.0943. The molecule has 0 bridgehead atoms. The van der Waals surface area contributed by atoms with Crippen molar-refractivity contribution in [1.82, 2.24) is 5.32 Å². The Morgan fingerprint density at radius 2 is 1.95 bits per heavy atom. The molecule has 1 aromatic rings. The molecule has 2 rings (SSSR count). The summed E-state index contributed by atoms with van der Waals surface area (Å²) >= 11 is 11.8. The number of carbonyl (C=O) groups excluding carboxylic acids is 1. The van der Waals surface area contributed by atoms with E-state index in [1.165, 1.54) is 32.1 Å². The SMILES string of the molecule is Nc1cc(C(=O)NCC2CCCCC2)cc(Cl)c1Cl. The van der Waals surface area contributed by atoms with Gasteiger partial charge in [0, 0.05) is 12.1 Å². The molecule has 5 heteroatoms. The summed E-state index contributed by atoms with van der Waals surface area (Å²) in [5.41, 5.74) is 6.49. The van der Waals surface area contributed by atoms with E-state index in [2.05, 4.69) is 5.32 Å². The first-order valence-electron chi connectivity index (χ1n) is 6.60. The predicted molar refractivity (Wildman–Crippen MR) is 79.8 cm³/mol. The van der Waals surface area contributed by atoms with Crippen LogP contribution in [0.15, 0.2) is 12.1 Å². The van der Waals surface area contributed by atoms with Gasteiger partial charge in [-0.1, -0.05) is 42.5 Å². The number of nitrogens with one attached hydrogen (secondary N) is 1. The van der Waals surface area contributed by atoms with Gasteiger partial charge in [-0.05, 0) is 30.9 Å². The fourth-order valence-corrected chi connectivity index (χ4v) is 2.81. The second kappa shape index (κ2) is 6.49. The van der Waals surface area contributed by atoms with Gasteiger partial charge in [-0.2, -0.15) is 0 Å². The van der Waals surface area contributed by atoms with Crippen LogP contribution >= 0.6 is 23.2 Å². The third-order valence-electron chi connectivity index (χ3n) is 3.59. The molecule has 0 heterocycles. The molecule has 1 aliphatic rings. The molecule has 3 nitrogen and oxygen atoms in total. The molecule has 0 atom stereocenters. The molecule has 1 saturated carbocycles. The highest BCUT2D eigenvalue weighted by molar-refractivity contribution is 6.43. The molecular formula is C14H18Cl2N2O. The second-order valence-electron chi connectivity index (χ2n) is 5.08. The summed E-state index contributed by atoms with van der Waals surface area (Å²) < 4.78 is 0. The molecule has 19 heavy (non-hydrogen) atoms. The number of nitrogens with two attached hydrogens (primary N) is 1. The molecule has 0 radical (unpaired) electrons. The molecule has 1 aliphatic carbocycles. The third kappa shape index (κ3) is 3.77. The average molecular weight is 301 g/mol. The minimum atomic E-state index is -0.143. The van der Waals surface area contributed by atoms with E-state index in [0.717, 1.165) is 6.54 Å². The van der Waals surface area contributed by atoms with Gasteiger partial charge in [-0.25, -0.2) is 0 Å². The van der Waals surface area contributed by atoms with E-state index in [-0.39, 0.29) is 5.91 Å². The fraction of sp³-hybridized carbons (Fsp3) is 0.500. The standard InChI is InChI=1S/C14H18Cl2N2O/c15-11-6-10(7-12(17)13(11)16)14(19)18-8-9-4-2-1-3-5-9/h6-7,9H,1-5,8,17H2,(H,18,19). The highest BCUT2D eigenvalue weighted by Crippen LogP contribution is 2.29. The second-order valence-corrected chi connectivity index (χ2v) is 5.86. The van der Waals surface area contributed by atoms with Gasteiger partial charge in [0.15, 0.2) is 0 Å². The Hall–Kier alpha value is -0.930. The summed E-state index contributed by atoms with van der Waals surface area (Å²) in [5.74, 6) is 0.452. The van der Waals surface area contributed by atoms with Crippen molar-refractivity contribution in [2.75, 3.05) is 12.3 Å². The van der Waals surface area contributed by atoms with Crippen LogP contribution in [-0.2, 0) is 0 Å². The Kier molecular flexibility index (Phi) is 4.94. The molecule has 1 aromatic carbocycles. The van der Waals surface area contributed by atoms with E-state index in [1.807, 2.05) is 0 Å². The summed E-state index contributed by atoms with van der Waals surface area (Å²) in [7, 11) is 0. The van der Waals surface area contributed by atoms with Crippen LogP contribution < -0.4 is 11.1 Å². The first-order chi connectivity index (χ1) is 9.08. The van der Waals surface area contributed by atoms with E-state index in [9.17, 15) is 4.79 Å². The van der Waals surface area contributed by atoms with E-state index < -0.39 is 0 Å². The molecule has 0 aromatic heterocycles. The zero-order valence-electron chi connectivity index (χ0n) is 10.7. The number of nitrogen functional groups attached to an aromatic ring is 1. The van der Waals surface area contributed by atoms with Crippen LogP contribution in [0.1, 0.15) is 42.5 Å². The largest absolute Gasteiger partial charge is 0.397 e. The van der Waals surface area contributed by atoms with Crippen molar-refractivity contribution in [3.8, 4) is 0 Å². The Balaban J connectivity index is 1.96. The summed E-state index contributed by atoms with van der Waals surface area (Å²) in [6.45, 7) is 0.721. The van der Waals surface area contributed by atoms with Crippen LogP contribution in [0.5, 0.6) is 0 Å². The number of halogens is 2. The zero-order valence-corrected chi connectivity index (χ0v) is 12.2. The van der Waals surface area contributed by atoms with Gasteiger partial charge in [0.1, 0.15) is 0 Å². The molecule has 0 spiro atoms. The number of carbonyl (C=O) groups is 1. The number of anilines is 1. The normalized spacial score (nSPS) is 16.3. The third-order valence-corrected chi connectivity index (χ3v) is 4.41. The summed E-state index contributed by atoms with van der Waals surface area (Å²) in [4.78, 5) is 12.0. The van der Waals surface area contributed by atoms with Crippen LogP contribution in [-0.4, -0.2) is 12.5 Å². The van der Waals surface area contributed by atoms with E-state index in [0.29, 0.717) is 27.2 Å². The number of amides is 1. The lowest BCUT2D eigenvalue weighted by Gasteiger charge is -2.21. The van der Waals surface area contributed by atoms with Crippen LogP contribution in [0, 0.1) is 5.92 Å². The monoisotopic (exact) mass is 300 g/mol. The van der Waals surface area contributed by atoms with E-state index in [1.54, 1.807) is 12.1 Å². The maximum atomic E-state index is 12.0. The lowest BCUT2D eigenvalue weighted by atomic mass is 9.89. The number of benzene rings is 1. The molecule has 104 valence electrons. The van der Waals surface area contributed by atoms with E-state index >= 15 is 0 Å². The summed E-state index contributed by atoms with van der Waals surface area (Å²) in [6.07, 6.45) is 6.24. The molecule has 0 aliphatic heterocycles. The number of hydrogen-bond donors (Lipinski definition) is 2. The molecule has 1 amide bonds. The Morgan fingerprint density at radius 1 is 1.26 bits per heavy atom. The Bertz CT molecular complexity index is 448. The van der Waals surface area contributed by atoms with Crippen LogP contribution in [0.25, 0.3) is 0 Å². The van der Waals surface area contributed by atoms with Crippen molar-refractivity contribution in [2.45, 2.75) is 32.1 Å². The Labute approximate surface area is 123 Å². The first kappa shape index (κ1) is 14.5. The van der Waals surface area contributed by atoms with Crippen LogP contribution in [0.4, 0.5) is 5.69 Å². The maximum absolute atomic E-state index is 12.0. The molecule has 0 saturated heterocycles. The highest BCUT2D eigenvalue weighted by atomic mass is 35.5. The zero-order chi connectivity index (χ0) is 13.8. The van der Waals surface area contributed by atoms with Gasteiger partial charge in [0.2, 0.25) is 0 Å². The fourth-order valence-electron chi connectivity index (χ4n) is 2.47. The van der Waals surface area contributed by atoms with Crippen LogP contribution in [0.3, 0.4) is 0 Å². The van der Waals surface area contributed by atoms with Crippen molar-refractivity contribution in [3.05, 3.63) is 27.7 Å². The van der Waals surface area contributed by atoms with E-state index in [4.69, 9.17) is 28.9 Å². The van der Waals surface area contributed by atoms with Crippen molar-refractivity contribution >= 4 is 34.8 Å². The first-order valence-corrected chi connectivity index (χ1v) is 7.36. The quantitative estimate of drug-likeness (QED) is 0.832. The van der Waals surface area contributed by atoms with Crippen molar-refractivity contribution < 1.29 is 4.79 Å². The van der Waals surface area contributed by atoms with Gasteiger partial charge in [-0.3, -0.25) is 4.79 Å². The van der Waals surface area contributed by atoms with Crippen molar-refractivity contribution in [1.29, 1.82) is 0 Å². The molecule has 0 unspecified atom stereocenters. The summed E-state index contributed by atoms with van der Waals surface area (Å²) in [6, 6.07) is 3.11. The van der Waals surface area contributed by atoms with Gasteiger partial charge in [0.05, 0.1) is 15.7 Å². The predicted octanol–water partition coefficient (Wildman–Crippen LogP) is 3.89.